The minimum absolute atomic E-state index is 1.22. The third-order valence-corrected chi connectivity index (χ3v) is 4.44. The highest BCUT2D eigenvalue weighted by Gasteiger charge is 2.06. The van der Waals surface area contributed by atoms with Crippen molar-refractivity contribution in [1.29, 1.82) is 0 Å². The maximum absolute atomic E-state index is 2.31. The quantitative estimate of drug-likeness (QED) is 0.427. The first kappa shape index (κ1) is 13.8. The summed E-state index contributed by atoms with van der Waals surface area (Å²) in [6, 6.07) is 28.5. The fourth-order valence-corrected chi connectivity index (χ4v) is 3.16. The molecule has 0 radical (unpaired) electrons. The van der Waals surface area contributed by atoms with Gasteiger partial charge in [0.25, 0.3) is 0 Å². The van der Waals surface area contributed by atoms with Crippen LogP contribution in [0.15, 0.2) is 78.9 Å². The van der Waals surface area contributed by atoms with Crippen LogP contribution < -0.4 is 4.90 Å². The Kier molecular flexibility index (Phi) is 3.27. The van der Waals surface area contributed by atoms with Gasteiger partial charge >= 0.3 is 0 Å². The zero-order valence-electron chi connectivity index (χ0n) is 13.5. The van der Waals surface area contributed by atoms with E-state index in [2.05, 4.69) is 97.9 Å². The number of hydrogen-bond donors (Lipinski definition) is 0. The van der Waals surface area contributed by atoms with Gasteiger partial charge in [0.2, 0.25) is 0 Å². The van der Waals surface area contributed by atoms with Crippen molar-refractivity contribution < 1.29 is 0 Å². The van der Waals surface area contributed by atoms with Gasteiger partial charge in [0, 0.05) is 19.8 Å². The Balaban J connectivity index is 1.93. The van der Waals surface area contributed by atoms with Crippen molar-refractivity contribution in [2.45, 2.75) is 0 Å². The molecule has 0 aliphatic rings. The molecule has 0 bridgehead atoms. The Hall–Kier alpha value is -2.80. The fraction of sp³-hybridized carbons (Fsp3) is 0.0909. The molecule has 4 aromatic carbocycles. The summed E-state index contributed by atoms with van der Waals surface area (Å²) in [5.41, 5.74) is 3.77. The summed E-state index contributed by atoms with van der Waals surface area (Å²) in [4.78, 5) is 2.13. The van der Waals surface area contributed by atoms with Crippen LogP contribution in [0.3, 0.4) is 0 Å². The minimum atomic E-state index is 1.22. The zero-order chi connectivity index (χ0) is 15.8. The van der Waals surface area contributed by atoms with Gasteiger partial charge in [0.05, 0.1) is 0 Å². The summed E-state index contributed by atoms with van der Waals surface area (Å²) < 4.78 is 0. The molecule has 0 atom stereocenters. The lowest BCUT2D eigenvalue weighted by molar-refractivity contribution is 1.13. The van der Waals surface area contributed by atoms with Crippen molar-refractivity contribution >= 4 is 27.2 Å². The Morgan fingerprint density at radius 1 is 0.609 bits per heavy atom. The lowest BCUT2D eigenvalue weighted by Crippen LogP contribution is -2.07. The van der Waals surface area contributed by atoms with Gasteiger partial charge in [-0.15, -0.1) is 0 Å². The number of rotatable bonds is 2. The lowest BCUT2D eigenvalue weighted by Gasteiger charge is -2.14. The predicted molar refractivity (Wildman–Crippen MR) is 101 cm³/mol. The van der Waals surface area contributed by atoms with Crippen molar-refractivity contribution in [3.8, 4) is 11.1 Å². The first-order valence-corrected chi connectivity index (χ1v) is 7.92. The molecule has 0 aliphatic carbocycles. The van der Waals surface area contributed by atoms with Gasteiger partial charge in [0.1, 0.15) is 0 Å². The molecule has 0 heterocycles. The molecular weight excluding hydrogens is 278 g/mol. The summed E-state index contributed by atoms with van der Waals surface area (Å²) in [5, 5.41) is 5.18. The van der Waals surface area contributed by atoms with Crippen molar-refractivity contribution in [3.63, 3.8) is 0 Å². The molecule has 0 fully saturated rings. The standard InChI is InChI=1S/C22H19N/c1-23(2)20-12-10-16(11-13-20)21-9-5-8-19-14-17-6-3-4-7-18(17)15-22(19)21/h3-15H,1-2H3. The van der Waals surface area contributed by atoms with E-state index < -0.39 is 0 Å². The molecule has 4 aromatic rings. The van der Waals surface area contributed by atoms with Crippen LogP contribution in [-0.2, 0) is 0 Å². The molecular formula is C22H19N. The molecule has 0 N–H and O–H groups in total. The van der Waals surface area contributed by atoms with E-state index >= 15 is 0 Å². The summed E-state index contributed by atoms with van der Waals surface area (Å²) in [7, 11) is 4.14. The maximum atomic E-state index is 2.31. The smallest absolute Gasteiger partial charge is 0.0361 e. The largest absolute Gasteiger partial charge is 0.378 e. The van der Waals surface area contributed by atoms with Crippen LogP contribution >= 0.6 is 0 Å². The Morgan fingerprint density at radius 3 is 1.96 bits per heavy atom. The van der Waals surface area contributed by atoms with Crippen LogP contribution in [0.2, 0.25) is 0 Å². The van der Waals surface area contributed by atoms with Gasteiger partial charge in [-0.1, -0.05) is 54.6 Å². The summed E-state index contributed by atoms with van der Waals surface area (Å²) in [6.45, 7) is 0. The number of nitrogens with zero attached hydrogens (tertiary/aromatic N) is 1. The highest BCUT2D eigenvalue weighted by Crippen LogP contribution is 2.32. The van der Waals surface area contributed by atoms with Crippen LogP contribution in [0.4, 0.5) is 5.69 Å². The molecule has 4 rings (SSSR count). The normalized spacial score (nSPS) is 11.0. The van der Waals surface area contributed by atoms with Gasteiger partial charge in [0.15, 0.2) is 0 Å². The molecule has 0 saturated heterocycles. The lowest BCUT2D eigenvalue weighted by atomic mass is 9.95. The Morgan fingerprint density at radius 2 is 1.26 bits per heavy atom. The molecule has 112 valence electrons. The van der Waals surface area contributed by atoms with E-state index in [0.29, 0.717) is 0 Å². The SMILES string of the molecule is CN(C)c1ccc(-c2cccc3cc4ccccc4cc23)cc1. The minimum Gasteiger partial charge on any atom is -0.378 e. The number of hydrogen-bond acceptors (Lipinski definition) is 1. The molecule has 23 heavy (non-hydrogen) atoms. The topological polar surface area (TPSA) is 3.24 Å². The van der Waals surface area contributed by atoms with E-state index in [0.717, 1.165) is 0 Å². The molecule has 0 saturated carbocycles. The third-order valence-electron chi connectivity index (χ3n) is 4.44. The first-order valence-electron chi connectivity index (χ1n) is 7.92. The molecule has 0 spiro atoms. The van der Waals surface area contributed by atoms with E-state index in [-0.39, 0.29) is 0 Å². The van der Waals surface area contributed by atoms with Crippen LogP contribution in [-0.4, -0.2) is 14.1 Å². The molecule has 0 amide bonds. The number of anilines is 1. The highest BCUT2D eigenvalue weighted by atomic mass is 15.1. The average molecular weight is 297 g/mol. The van der Waals surface area contributed by atoms with Gasteiger partial charge in [-0.2, -0.15) is 0 Å². The van der Waals surface area contributed by atoms with Crippen molar-refractivity contribution in [2.75, 3.05) is 19.0 Å². The summed E-state index contributed by atoms with van der Waals surface area (Å²) in [5.74, 6) is 0. The van der Waals surface area contributed by atoms with Crippen LogP contribution in [0.5, 0.6) is 0 Å². The van der Waals surface area contributed by atoms with Crippen LogP contribution in [0, 0.1) is 0 Å². The second-order valence-corrected chi connectivity index (χ2v) is 6.17. The van der Waals surface area contributed by atoms with Crippen molar-refractivity contribution in [1.82, 2.24) is 0 Å². The third kappa shape index (κ3) is 2.44. The Bertz CT molecular complexity index is 982. The van der Waals surface area contributed by atoms with Crippen LogP contribution in [0.25, 0.3) is 32.7 Å². The monoisotopic (exact) mass is 297 g/mol. The van der Waals surface area contributed by atoms with E-state index in [1.54, 1.807) is 0 Å². The second-order valence-electron chi connectivity index (χ2n) is 6.17. The average Bonchev–Trinajstić information content (AvgIpc) is 2.59. The van der Waals surface area contributed by atoms with Gasteiger partial charge in [-0.25, -0.2) is 0 Å². The van der Waals surface area contributed by atoms with Crippen molar-refractivity contribution in [3.05, 3.63) is 78.9 Å². The van der Waals surface area contributed by atoms with Crippen molar-refractivity contribution in [2.24, 2.45) is 0 Å². The molecule has 1 nitrogen and oxygen atoms in total. The summed E-state index contributed by atoms with van der Waals surface area (Å²) in [6.07, 6.45) is 0. The molecule has 0 aromatic heterocycles. The number of benzene rings is 4. The van der Waals surface area contributed by atoms with Gasteiger partial charge in [-0.05, 0) is 56.9 Å². The molecule has 0 unspecified atom stereocenters. The summed E-state index contributed by atoms with van der Waals surface area (Å²) >= 11 is 0. The number of fused-ring (bicyclic) bond motifs is 2. The fourth-order valence-electron chi connectivity index (χ4n) is 3.16. The van der Waals surface area contributed by atoms with E-state index in [4.69, 9.17) is 0 Å². The van der Waals surface area contributed by atoms with Gasteiger partial charge in [-0.3, -0.25) is 0 Å². The highest BCUT2D eigenvalue weighted by molar-refractivity contribution is 6.04. The van der Waals surface area contributed by atoms with Crippen LogP contribution in [0.1, 0.15) is 0 Å². The first-order chi connectivity index (χ1) is 11.2. The molecule has 1 heteroatoms. The Labute approximate surface area is 136 Å². The van der Waals surface area contributed by atoms with E-state index in [9.17, 15) is 0 Å². The zero-order valence-corrected chi connectivity index (χ0v) is 13.5. The maximum Gasteiger partial charge on any atom is 0.0361 e. The molecule has 0 aliphatic heterocycles. The van der Waals surface area contributed by atoms with E-state index in [1.165, 1.54) is 38.4 Å². The predicted octanol–water partition coefficient (Wildman–Crippen LogP) is 5.73. The second kappa shape index (κ2) is 5.44. The van der Waals surface area contributed by atoms with E-state index in [1.807, 2.05) is 0 Å². The van der Waals surface area contributed by atoms with Gasteiger partial charge < -0.3 is 4.90 Å².